The zero-order valence-electron chi connectivity index (χ0n) is 13.0. The van der Waals surface area contributed by atoms with Crippen LogP contribution < -0.4 is 4.72 Å². The summed E-state index contributed by atoms with van der Waals surface area (Å²) in [6.07, 6.45) is 3.96. The molecule has 1 aliphatic rings. The summed E-state index contributed by atoms with van der Waals surface area (Å²) in [6, 6.07) is 13.3. The number of nitrogens with zero attached hydrogens (tertiary/aromatic N) is 1. The zero-order chi connectivity index (χ0) is 16.3. The van der Waals surface area contributed by atoms with Gasteiger partial charge in [-0.3, -0.25) is 14.3 Å². The third-order valence-corrected chi connectivity index (χ3v) is 6.47. The third-order valence-electron chi connectivity index (χ3n) is 4.40. The van der Waals surface area contributed by atoms with Gasteiger partial charge in [-0.1, -0.05) is 31.2 Å². The standard InChI is InChI=1S/C18H18N2O2S/c1-3-12-11-15-14-7-4-5-9-16(14)23(2,21,22)20-18(15)17-13(12)8-6-10-19-17/h4-11H,3H2,1-2H3,(H2,20,21,22). The first-order valence-corrected chi connectivity index (χ1v) is 9.90. The Labute approximate surface area is 134 Å². The Kier molecular flexibility index (Phi) is 2.75. The SMILES string of the molecule is CCc1cc2c(c3ncccc13)NS(C)(=O)(O)c1ccccc1-2. The van der Waals surface area contributed by atoms with Crippen molar-refractivity contribution in [3.8, 4) is 11.1 Å². The predicted octanol–water partition coefficient (Wildman–Crippen LogP) is 4.09. The second-order valence-corrected chi connectivity index (χ2v) is 9.30. The molecule has 2 heterocycles. The fourth-order valence-corrected chi connectivity index (χ4v) is 5.22. The minimum absolute atomic E-state index is 0.439. The van der Waals surface area contributed by atoms with Crippen LogP contribution in [0.15, 0.2) is 53.6 Å². The first kappa shape index (κ1) is 14.4. The van der Waals surface area contributed by atoms with Crippen molar-refractivity contribution in [3.05, 3.63) is 54.2 Å². The maximum atomic E-state index is 13.2. The normalized spacial score (nSPS) is 19.0. The molecule has 0 spiro atoms. The highest BCUT2D eigenvalue weighted by Crippen LogP contribution is 2.49. The maximum Gasteiger partial charge on any atom is 0.0958 e. The van der Waals surface area contributed by atoms with Gasteiger partial charge in [0, 0.05) is 29.0 Å². The molecule has 4 rings (SSSR count). The van der Waals surface area contributed by atoms with Crippen LogP contribution in [0.5, 0.6) is 0 Å². The van der Waals surface area contributed by atoms with Crippen molar-refractivity contribution in [3.63, 3.8) is 0 Å². The second-order valence-electron chi connectivity index (χ2n) is 6.09. The summed E-state index contributed by atoms with van der Waals surface area (Å²) in [7, 11) is -4.15. The van der Waals surface area contributed by atoms with E-state index in [-0.39, 0.29) is 0 Å². The number of rotatable bonds is 1. The number of pyridine rings is 1. The van der Waals surface area contributed by atoms with E-state index in [4.69, 9.17) is 0 Å². The van der Waals surface area contributed by atoms with Crippen molar-refractivity contribution in [2.75, 3.05) is 11.0 Å². The highest BCUT2D eigenvalue weighted by molar-refractivity contribution is 8.15. The Balaban J connectivity index is 2.20. The van der Waals surface area contributed by atoms with Gasteiger partial charge in [-0.15, -0.1) is 9.53 Å². The third kappa shape index (κ3) is 2.00. The summed E-state index contributed by atoms with van der Waals surface area (Å²) >= 11 is 0. The molecule has 2 N–H and O–H groups in total. The van der Waals surface area contributed by atoms with Gasteiger partial charge in [-0.05, 0) is 30.2 Å². The Morgan fingerprint density at radius 1 is 1.17 bits per heavy atom. The molecule has 1 aliphatic heterocycles. The van der Waals surface area contributed by atoms with Gasteiger partial charge in [0.25, 0.3) is 0 Å². The van der Waals surface area contributed by atoms with E-state index in [2.05, 4.69) is 22.7 Å². The molecule has 0 unspecified atom stereocenters. The first-order chi connectivity index (χ1) is 10.9. The van der Waals surface area contributed by atoms with Gasteiger partial charge in [0.1, 0.15) is 0 Å². The fourth-order valence-electron chi connectivity index (χ4n) is 3.33. The molecule has 1 aromatic heterocycles. The van der Waals surface area contributed by atoms with Gasteiger partial charge in [0.05, 0.1) is 16.1 Å². The monoisotopic (exact) mass is 326 g/mol. The minimum Gasteiger partial charge on any atom is -0.283 e. The molecule has 0 fully saturated rings. The lowest BCUT2D eigenvalue weighted by Gasteiger charge is -2.45. The summed E-state index contributed by atoms with van der Waals surface area (Å²) in [5.41, 5.74) is 4.29. The molecule has 0 saturated heterocycles. The first-order valence-electron chi connectivity index (χ1n) is 7.57. The molecule has 0 amide bonds. The van der Waals surface area contributed by atoms with E-state index in [0.717, 1.165) is 28.5 Å². The molecular formula is C18H18N2O2S. The quantitative estimate of drug-likeness (QED) is 0.708. The van der Waals surface area contributed by atoms with Crippen LogP contribution in [0.25, 0.3) is 22.0 Å². The highest BCUT2D eigenvalue weighted by atomic mass is 32.3. The van der Waals surface area contributed by atoms with Crippen LogP contribution in [0.2, 0.25) is 0 Å². The molecule has 118 valence electrons. The molecule has 4 nitrogen and oxygen atoms in total. The fraction of sp³-hybridized carbons (Fsp3) is 0.167. The van der Waals surface area contributed by atoms with Crippen molar-refractivity contribution >= 4 is 26.1 Å². The van der Waals surface area contributed by atoms with E-state index >= 15 is 0 Å². The number of aromatic nitrogens is 1. The average Bonchev–Trinajstić information content (AvgIpc) is 2.54. The summed E-state index contributed by atoms with van der Waals surface area (Å²) < 4.78 is 27.0. The molecule has 0 aliphatic carbocycles. The van der Waals surface area contributed by atoms with Gasteiger partial charge < -0.3 is 0 Å². The largest absolute Gasteiger partial charge is 0.283 e. The van der Waals surface area contributed by atoms with Gasteiger partial charge >= 0.3 is 0 Å². The van der Waals surface area contributed by atoms with E-state index in [1.165, 1.54) is 11.8 Å². The van der Waals surface area contributed by atoms with Crippen molar-refractivity contribution in [2.45, 2.75) is 18.2 Å². The maximum absolute atomic E-state index is 13.2. The van der Waals surface area contributed by atoms with Crippen LogP contribution in [0.3, 0.4) is 0 Å². The number of benzene rings is 2. The molecule has 2 aromatic carbocycles. The molecular weight excluding hydrogens is 308 g/mol. The number of nitrogens with one attached hydrogen (secondary N) is 1. The predicted molar refractivity (Wildman–Crippen MR) is 95.1 cm³/mol. The Bertz CT molecular complexity index is 1020. The second kappa shape index (κ2) is 4.40. The van der Waals surface area contributed by atoms with Gasteiger partial charge in [-0.2, -0.15) is 4.21 Å². The van der Waals surface area contributed by atoms with E-state index in [1.54, 1.807) is 18.3 Å². The number of hydrogen-bond donors (Lipinski definition) is 2. The van der Waals surface area contributed by atoms with Crippen LogP contribution in [0.4, 0.5) is 5.69 Å². The number of hydrogen-bond acceptors (Lipinski definition) is 2. The lowest BCUT2D eigenvalue weighted by atomic mass is 9.96. The lowest BCUT2D eigenvalue weighted by molar-refractivity contribution is 0.526. The molecule has 3 aromatic rings. The van der Waals surface area contributed by atoms with Crippen molar-refractivity contribution < 1.29 is 8.76 Å². The van der Waals surface area contributed by atoms with Crippen LogP contribution in [-0.2, 0) is 16.0 Å². The van der Waals surface area contributed by atoms with Crippen LogP contribution >= 0.6 is 0 Å². The van der Waals surface area contributed by atoms with Crippen LogP contribution in [0.1, 0.15) is 12.5 Å². The molecule has 23 heavy (non-hydrogen) atoms. The van der Waals surface area contributed by atoms with Gasteiger partial charge in [0.15, 0.2) is 0 Å². The molecule has 0 saturated carbocycles. The summed E-state index contributed by atoms with van der Waals surface area (Å²) in [5, 5.41) is 1.02. The van der Waals surface area contributed by atoms with E-state index in [0.29, 0.717) is 10.6 Å². The van der Waals surface area contributed by atoms with Gasteiger partial charge in [-0.25, -0.2) is 0 Å². The minimum atomic E-state index is -4.15. The topological polar surface area (TPSA) is 62.2 Å². The molecule has 0 bridgehead atoms. The summed E-state index contributed by atoms with van der Waals surface area (Å²) in [4.78, 5) is 4.92. The molecule has 5 heteroatoms. The van der Waals surface area contributed by atoms with E-state index in [9.17, 15) is 8.76 Å². The molecule has 0 atom stereocenters. The van der Waals surface area contributed by atoms with E-state index in [1.807, 2.05) is 24.3 Å². The Morgan fingerprint density at radius 3 is 2.74 bits per heavy atom. The number of anilines is 1. The highest BCUT2D eigenvalue weighted by Gasteiger charge is 2.34. The lowest BCUT2D eigenvalue weighted by Crippen LogP contribution is -2.42. The number of aryl methyl sites for hydroxylation is 1. The Hall–Kier alpha value is -2.24. The van der Waals surface area contributed by atoms with Crippen molar-refractivity contribution in [1.29, 1.82) is 0 Å². The van der Waals surface area contributed by atoms with Crippen molar-refractivity contribution in [2.24, 2.45) is 0 Å². The van der Waals surface area contributed by atoms with Crippen molar-refractivity contribution in [1.82, 2.24) is 4.98 Å². The zero-order valence-corrected chi connectivity index (χ0v) is 13.9. The van der Waals surface area contributed by atoms with Crippen LogP contribution in [0, 0.1) is 0 Å². The Morgan fingerprint density at radius 2 is 1.96 bits per heavy atom. The summed E-state index contributed by atoms with van der Waals surface area (Å²) in [5.74, 6) is 0. The van der Waals surface area contributed by atoms with E-state index < -0.39 is 9.53 Å². The summed E-state index contributed by atoms with van der Waals surface area (Å²) in [6.45, 7) is 2.11. The smallest absolute Gasteiger partial charge is 0.0958 e. The van der Waals surface area contributed by atoms with Gasteiger partial charge in [0.2, 0.25) is 0 Å². The van der Waals surface area contributed by atoms with Crippen LogP contribution in [-0.4, -0.2) is 20.0 Å². The average molecular weight is 326 g/mol. The number of fused-ring (bicyclic) bond motifs is 5. The molecule has 0 radical (unpaired) electrons.